The van der Waals surface area contributed by atoms with E-state index in [0.29, 0.717) is 16.9 Å². The molecule has 2 atom stereocenters. The third-order valence-electron chi connectivity index (χ3n) is 2.91. The van der Waals surface area contributed by atoms with Gasteiger partial charge in [-0.2, -0.15) is 4.98 Å². The molecule has 16 heavy (non-hydrogen) atoms. The van der Waals surface area contributed by atoms with E-state index in [2.05, 4.69) is 28.7 Å². The predicted octanol–water partition coefficient (Wildman–Crippen LogP) is 2.19. The standard InChI is InChI=1S/C11H17ClN4/c1-7-3-8(2)6-16(5-7)10-9(12)4-14-11(13)15-10/h4,7-8H,3,5-6H2,1-2H3,(H2,13,14,15). The lowest BCUT2D eigenvalue weighted by molar-refractivity contribution is 0.355. The zero-order chi connectivity index (χ0) is 11.7. The maximum absolute atomic E-state index is 6.10. The highest BCUT2D eigenvalue weighted by atomic mass is 35.5. The molecule has 0 aromatic carbocycles. The van der Waals surface area contributed by atoms with E-state index in [-0.39, 0.29) is 5.95 Å². The molecule has 0 saturated carbocycles. The molecule has 0 spiro atoms. The lowest BCUT2D eigenvalue weighted by Gasteiger charge is -2.36. The quantitative estimate of drug-likeness (QED) is 0.818. The first-order valence-corrected chi connectivity index (χ1v) is 5.97. The number of anilines is 2. The number of rotatable bonds is 1. The minimum atomic E-state index is 0.283. The fraction of sp³-hybridized carbons (Fsp3) is 0.636. The monoisotopic (exact) mass is 240 g/mol. The molecule has 2 heterocycles. The van der Waals surface area contributed by atoms with E-state index in [1.54, 1.807) is 6.20 Å². The molecule has 0 bridgehead atoms. The Morgan fingerprint density at radius 2 is 2.00 bits per heavy atom. The predicted molar refractivity (Wildman–Crippen MR) is 66.6 cm³/mol. The van der Waals surface area contributed by atoms with Crippen molar-refractivity contribution in [2.24, 2.45) is 11.8 Å². The van der Waals surface area contributed by atoms with Crippen LogP contribution in [0.5, 0.6) is 0 Å². The average Bonchev–Trinajstić information content (AvgIpc) is 2.20. The summed E-state index contributed by atoms with van der Waals surface area (Å²) >= 11 is 6.10. The molecular formula is C11H17ClN4. The van der Waals surface area contributed by atoms with E-state index >= 15 is 0 Å². The Morgan fingerprint density at radius 3 is 2.62 bits per heavy atom. The fourth-order valence-electron chi connectivity index (χ4n) is 2.43. The number of nitrogens with zero attached hydrogens (tertiary/aromatic N) is 3. The van der Waals surface area contributed by atoms with Gasteiger partial charge in [0, 0.05) is 13.1 Å². The van der Waals surface area contributed by atoms with Crippen LogP contribution in [0.4, 0.5) is 11.8 Å². The molecule has 1 fully saturated rings. The Kier molecular flexibility index (Phi) is 3.19. The molecule has 1 aliphatic rings. The molecule has 0 aliphatic carbocycles. The Bertz CT molecular complexity index is 372. The Balaban J connectivity index is 2.25. The van der Waals surface area contributed by atoms with Gasteiger partial charge in [-0.05, 0) is 18.3 Å². The molecule has 1 aromatic heterocycles. The van der Waals surface area contributed by atoms with Gasteiger partial charge >= 0.3 is 0 Å². The molecule has 1 saturated heterocycles. The van der Waals surface area contributed by atoms with Gasteiger partial charge in [0.25, 0.3) is 0 Å². The summed E-state index contributed by atoms with van der Waals surface area (Å²) in [5.74, 6) is 2.38. The summed E-state index contributed by atoms with van der Waals surface area (Å²) in [5.41, 5.74) is 5.60. The lowest BCUT2D eigenvalue weighted by atomic mass is 9.92. The second-order valence-electron chi connectivity index (χ2n) is 4.75. The average molecular weight is 241 g/mol. The summed E-state index contributed by atoms with van der Waals surface area (Å²) in [6, 6.07) is 0. The molecule has 0 amide bonds. The van der Waals surface area contributed by atoms with E-state index in [9.17, 15) is 0 Å². The highest BCUT2D eigenvalue weighted by Crippen LogP contribution is 2.29. The fourth-order valence-corrected chi connectivity index (χ4v) is 2.64. The number of nitrogens with two attached hydrogens (primary N) is 1. The molecule has 2 rings (SSSR count). The van der Waals surface area contributed by atoms with Crippen molar-refractivity contribution < 1.29 is 0 Å². The highest BCUT2D eigenvalue weighted by Gasteiger charge is 2.24. The molecular weight excluding hydrogens is 224 g/mol. The number of hydrogen-bond donors (Lipinski definition) is 1. The molecule has 88 valence electrons. The van der Waals surface area contributed by atoms with Crippen molar-refractivity contribution in [1.29, 1.82) is 0 Å². The van der Waals surface area contributed by atoms with E-state index in [1.807, 2.05) is 0 Å². The van der Waals surface area contributed by atoms with Crippen LogP contribution in [-0.2, 0) is 0 Å². The lowest BCUT2D eigenvalue weighted by Crippen LogP contribution is -2.39. The third-order valence-corrected chi connectivity index (χ3v) is 3.18. The summed E-state index contributed by atoms with van der Waals surface area (Å²) in [6.45, 7) is 6.48. The van der Waals surface area contributed by atoms with E-state index < -0.39 is 0 Å². The van der Waals surface area contributed by atoms with Crippen LogP contribution >= 0.6 is 11.6 Å². The normalized spacial score (nSPS) is 25.8. The van der Waals surface area contributed by atoms with E-state index in [1.165, 1.54) is 6.42 Å². The van der Waals surface area contributed by atoms with Gasteiger partial charge in [0.05, 0.1) is 6.20 Å². The Morgan fingerprint density at radius 1 is 1.38 bits per heavy atom. The third kappa shape index (κ3) is 2.38. The maximum atomic E-state index is 6.10. The number of aromatic nitrogens is 2. The van der Waals surface area contributed by atoms with Crippen LogP contribution in [0.2, 0.25) is 5.02 Å². The first-order valence-electron chi connectivity index (χ1n) is 5.59. The highest BCUT2D eigenvalue weighted by molar-refractivity contribution is 6.32. The van der Waals surface area contributed by atoms with Crippen molar-refractivity contribution >= 4 is 23.4 Å². The summed E-state index contributed by atoms with van der Waals surface area (Å²) in [7, 11) is 0. The van der Waals surface area contributed by atoms with Crippen molar-refractivity contribution in [2.45, 2.75) is 20.3 Å². The first kappa shape index (κ1) is 11.5. The Hall–Kier alpha value is -1.03. The van der Waals surface area contributed by atoms with Gasteiger partial charge in [-0.15, -0.1) is 0 Å². The van der Waals surface area contributed by atoms with Crippen molar-refractivity contribution in [1.82, 2.24) is 9.97 Å². The molecule has 2 unspecified atom stereocenters. The van der Waals surface area contributed by atoms with Crippen LogP contribution in [0, 0.1) is 11.8 Å². The maximum Gasteiger partial charge on any atom is 0.222 e. The minimum absolute atomic E-state index is 0.283. The van der Waals surface area contributed by atoms with Crippen molar-refractivity contribution in [2.75, 3.05) is 23.7 Å². The minimum Gasteiger partial charge on any atom is -0.368 e. The van der Waals surface area contributed by atoms with E-state index in [0.717, 1.165) is 18.9 Å². The van der Waals surface area contributed by atoms with E-state index in [4.69, 9.17) is 17.3 Å². The molecule has 1 aliphatic heterocycles. The van der Waals surface area contributed by atoms with Gasteiger partial charge in [-0.3, -0.25) is 0 Å². The number of piperidine rings is 1. The van der Waals surface area contributed by atoms with Crippen LogP contribution < -0.4 is 10.6 Å². The van der Waals surface area contributed by atoms with Crippen molar-refractivity contribution in [3.63, 3.8) is 0 Å². The molecule has 4 nitrogen and oxygen atoms in total. The molecule has 1 aromatic rings. The van der Waals surface area contributed by atoms with Gasteiger partial charge in [-0.25, -0.2) is 4.98 Å². The second kappa shape index (κ2) is 4.45. The van der Waals surface area contributed by atoms with Crippen molar-refractivity contribution in [3.8, 4) is 0 Å². The van der Waals surface area contributed by atoms with Crippen molar-refractivity contribution in [3.05, 3.63) is 11.2 Å². The molecule has 5 heteroatoms. The SMILES string of the molecule is CC1CC(C)CN(c2nc(N)ncc2Cl)C1. The zero-order valence-corrected chi connectivity index (χ0v) is 10.4. The van der Waals surface area contributed by atoms with Crippen LogP contribution in [0.15, 0.2) is 6.20 Å². The summed E-state index contributed by atoms with van der Waals surface area (Å²) in [5, 5.41) is 0.579. The van der Waals surface area contributed by atoms with Gasteiger partial charge in [0.1, 0.15) is 5.02 Å². The smallest absolute Gasteiger partial charge is 0.222 e. The Labute approximate surface area is 101 Å². The largest absolute Gasteiger partial charge is 0.368 e. The van der Waals surface area contributed by atoms with Gasteiger partial charge in [0.15, 0.2) is 5.82 Å². The second-order valence-corrected chi connectivity index (χ2v) is 5.16. The summed E-state index contributed by atoms with van der Waals surface area (Å²) in [4.78, 5) is 10.3. The van der Waals surface area contributed by atoms with Crippen LogP contribution in [0.25, 0.3) is 0 Å². The molecule has 0 radical (unpaired) electrons. The number of nitrogen functional groups attached to an aromatic ring is 1. The van der Waals surface area contributed by atoms with Crippen LogP contribution in [0.1, 0.15) is 20.3 Å². The summed E-state index contributed by atoms with van der Waals surface area (Å²) < 4.78 is 0. The van der Waals surface area contributed by atoms with Gasteiger partial charge in [-0.1, -0.05) is 25.4 Å². The van der Waals surface area contributed by atoms with Gasteiger partial charge < -0.3 is 10.6 Å². The van der Waals surface area contributed by atoms with Crippen LogP contribution in [-0.4, -0.2) is 23.1 Å². The summed E-state index contributed by atoms with van der Waals surface area (Å²) in [6.07, 6.45) is 2.83. The van der Waals surface area contributed by atoms with Crippen LogP contribution in [0.3, 0.4) is 0 Å². The molecule has 2 N–H and O–H groups in total. The number of hydrogen-bond acceptors (Lipinski definition) is 4. The topological polar surface area (TPSA) is 55.0 Å². The van der Waals surface area contributed by atoms with Gasteiger partial charge in [0.2, 0.25) is 5.95 Å². The zero-order valence-electron chi connectivity index (χ0n) is 9.65. The number of halogens is 1. The first-order chi connectivity index (χ1) is 7.56.